The Morgan fingerprint density at radius 3 is 1.25 bits per heavy atom. The average Bonchev–Trinajstić information content (AvgIpc) is 2.20. The van der Waals surface area contributed by atoms with Gasteiger partial charge in [0.25, 0.3) is 0 Å². The third kappa shape index (κ3) is 8.74. The first kappa shape index (κ1) is 16.6. The van der Waals surface area contributed by atoms with Gasteiger partial charge in [-0.05, 0) is 40.5 Å². The van der Waals surface area contributed by atoms with Crippen molar-refractivity contribution in [2.24, 2.45) is 0 Å². The van der Waals surface area contributed by atoms with Crippen LogP contribution in [-0.2, 0) is 9.47 Å². The summed E-state index contributed by atoms with van der Waals surface area (Å²) < 4.78 is 11.6. The number of rotatable bonds is 9. The summed E-state index contributed by atoms with van der Waals surface area (Å²) in [5, 5.41) is 0. The molecule has 0 aromatic rings. The molecule has 98 valence electrons. The highest BCUT2D eigenvalue weighted by atomic mass is 33.1. The second-order valence-corrected chi connectivity index (χ2v) is 6.83. The van der Waals surface area contributed by atoms with Crippen LogP contribution in [-0.4, -0.2) is 23.1 Å². The number of ether oxygens (including phenoxy) is 2. The Hall–Kier alpha value is 0.620. The van der Waals surface area contributed by atoms with Crippen molar-refractivity contribution in [3.8, 4) is 0 Å². The molecular weight excluding hydrogens is 240 g/mol. The second kappa shape index (κ2) is 9.63. The number of hydrogen-bond donors (Lipinski definition) is 0. The van der Waals surface area contributed by atoms with Gasteiger partial charge >= 0.3 is 0 Å². The Kier molecular flexibility index (Phi) is 10.0. The molecule has 2 unspecified atom stereocenters. The molecule has 0 heterocycles. The highest BCUT2D eigenvalue weighted by Gasteiger charge is 2.15. The minimum Gasteiger partial charge on any atom is -0.364 e. The van der Waals surface area contributed by atoms with Crippen LogP contribution in [0.5, 0.6) is 0 Å². The van der Waals surface area contributed by atoms with Crippen LogP contribution in [0, 0.1) is 0 Å². The highest BCUT2D eigenvalue weighted by Crippen LogP contribution is 2.36. The smallest absolute Gasteiger partial charge is 0.113 e. The van der Waals surface area contributed by atoms with E-state index in [2.05, 4.69) is 41.5 Å². The molecule has 0 aromatic heterocycles. The summed E-state index contributed by atoms with van der Waals surface area (Å²) in [6.45, 7) is 12.6. The zero-order valence-corrected chi connectivity index (χ0v) is 13.0. The van der Waals surface area contributed by atoms with E-state index in [1.54, 1.807) is 21.6 Å². The van der Waals surface area contributed by atoms with Gasteiger partial charge in [-0.25, -0.2) is 0 Å². The van der Waals surface area contributed by atoms with Gasteiger partial charge < -0.3 is 9.47 Å². The van der Waals surface area contributed by atoms with Crippen LogP contribution in [0.3, 0.4) is 0 Å². The van der Waals surface area contributed by atoms with Crippen LogP contribution in [0.2, 0.25) is 0 Å². The van der Waals surface area contributed by atoms with E-state index in [1.807, 2.05) is 0 Å². The maximum absolute atomic E-state index is 5.79. The van der Waals surface area contributed by atoms with E-state index in [4.69, 9.17) is 9.47 Å². The lowest BCUT2D eigenvalue weighted by molar-refractivity contribution is 0.0558. The maximum atomic E-state index is 5.79. The van der Waals surface area contributed by atoms with E-state index in [1.165, 1.54) is 0 Å². The monoisotopic (exact) mass is 266 g/mol. The standard InChI is InChI=1S/C12H26O2S2/c1-7-11(13-9(3)4)15-16-12(8-2)14-10(5)6/h9-12H,7-8H2,1-6H3. The van der Waals surface area contributed by atoms with Gasteiger partial charge in [0, 0.05) is 0 Å². The molecule has 0 fully saturated rings. The lowest BCUT2D eigenvalue weighted by Crippen LogP contribution is -2.15. The average molecular weight is 266 g/mol. The molecule has 0 N–H and O–H groups in total. The summed E-state index contributed by atoms with van der Waals surface area (Å²) in [7, 11) is 3.59. The summed E-state index contributed by atoms with van der Waals surface area (Å²) in [6.07, 6.45) is 2.66. The van der Waals surface area contributed by atoms with E-state index >= 15 is 0 Å². The van der Waals surface area contributed by atoms with Gasteiger partial charge in [0.1, 0.15) is 10.9 Å². The van der Waals surface area contributed by atoms with Gasteiger partial charge in [-0.2, -0.15) is 0 Å². The predicted molar refractivity (Wildman–Crippen MR) is 75.8 cm³/mol. The first-order valence-corrected chi connectivity index (χ1v) is 8.40. The molecule has 0 saturated heterocycles. The third-order valence-corrected chi connectivity index (χ3v) is 4.84. The largest absolute Gasteiger partial charge is 0.364 e. The molecule has 16 heavy (non-hydrogen) atoms. The fourth-order valence-electron chi connectivity index (χ4n) is 1.10. The van der Waals surface area contributed by atoms with Crippen LogP contribution < -0.4 is 0 Å². The summed E-state index contributed by atoms with van der Waals surface area (Å²) in [5.41, 5.74) is 0.546. The van der Waals surface area contributed by atoms with E-state index in [-0.39, 0.29) is 10.9 Å². The molecule has 0 radical (unpaired) electrons. The Morgan fingerprint density at radius 1 is 0.750 bits per heavy atom. The van der Waals surface area contributed by atoms with Crippen molar-refractivity contribution in [1.29, 1.82) is 0 Å². The quantitative estimate of drug-likeness (QED) is 0.445. The summed E-state index contributed by atoms with van der Waals surface area (Å²) in [4.78, 5) is 0. The Labute approximate surface area is 109 Å². The molecule has 4 heteroatoms. The normalized spacial score (nSPS) is 15.8. The van der Waals surface area contributed by atoms with Gasteiger partial charge in [-0.15, -0.1) is 0 Å². The predicted octanol–water partition coefficient (Wildman–Crippen LogP) is 4.69. The summed E-state index contributed by atoms with van der Waals surface area (Å²) in [6, 6.07) is 0. The van der Waals surface area contributed by atoms with E-state index in [0.29, 0.717) is 12.2 Å². The van der Waals surface area contributed by atoms with Crippen molar-refractivity contribution in [3.05, 3.63) is 0 Å². The third-order valence-electron chi connectivity index (χ3n) is 1.78. The Bertz CT molecular complexity index is 145. The first-order valence-electron chi connectivity index (χ1n) is 6.12. The zero-order valence-electron chi connectivity index (χ0n) is 11.4. The SMILES string of the molecule is CCC(OC(C)C)SSC(CC)OC(C)C. The van der Waals surface area contributed by atoms with Crippen molar-refractivity contribution >= 4 is 21.6 Å². The Morgan fingerprint density at radius 2 is 1.06 bits per heavy atom. The minimum absolute atomic E-state index is 0.273. The fraction of sp³-hybridized carbons (Fsp3) is 1.00. The van der Waals surface area contributed by atoms with Gasteiger partial charge in [-0.1, -0.05) is 35.4 Å². The first-order chi connectivity index (χ1) is 7.49. The molecule has 0 aliphatic carbocycles. The summed E-state index contributed by atoms with van der Waals surface area (Å²) in [5.74, 6) is 0. The van der Waals surface area contributed by atoms with Gasteiger partial charge in [0.15, 0.2) is 0 Å². The lowest BCUT2D eigenvalue weighted by Gasteiger charge is -2.22. The molecule has 0 amide bonds. The van der Waals surface area contributed by atoms with Crippen molar-refractivity contribution in [3.63, 3.8) is 0 Å². The van der Waals surface area contributed by atoms with E-state index in [0.717, 1.165) is 12.8 Å². The highest BCUT2D eigenvalue weighted by molar-refractivity contribution is 8.77. The topological polar surface area (TPSA) is 18.5 Å². The Balaban J connectivity index is 3.87. The molecule has 0 bridgehead atoms. The zero-order chi connectivity index (χ0) is 12.6. The van der Waals surface area contributed by atoms with Crippen LogP contribution in [0.4, 0.5) is 0 Å². The van der Waals surface area contributed by atoms with Crippen LogP contribution in [0.25, 0.3) is 0 Å². The van der Waals surface area contributed by atoms with Gasteiger partial charge in [0.2, 0.25) is 0 Å². The van der Waals surface area contributed by atoms with Crippen LogP contribution in [0.15, 0.2) is 0 Å². The molecule has 0 aliphatic rings. The maximum Gasteiger partial charge on any atom is 0.113 e. The summed E-state index contributed by atoms with van der Waals surface area (Å²) >= 11 is 0. The van der Waals surface area contributed by atoms with Crippen molar-refractivity contribution in [2.45, 2.75) is 77.5 Å². The second-order valence-electron chi connectivity index (χ2n) is 4.24. The van der Waals surface area contributed by atoms with Crippen LogP contribution in [0.1, 0.15) is 54.4 Å². The molecule has 2 nitrogen and oxygen atoms in total. The number of hydrogen-bond acceptors (Lipinski definition) is 4. The molecule has 0 saturated carbocycles. The van der Waals surface area contributed by atoms with E-state index in [9.17, 15) is 0 Å². The van der Waals surface area contributed by atoms with Gasteiger partial charge in [-0.3, -0.25) is 0 Å². The molecule has 0 spiro atoms. The molecule has 0 rings (SSSR count). The van der Waals surface area contributed by atoms with Crippen LogP contribution >= 0.6 is 21.6 Å². The molecular formula is C12H26O2S2. The lowest BCUT2D eigenvalue weighted by atomic mass is 10.4. The van der Waals surface area contributed by atoms with E-state index < -0.39 is 0 Å². The van der Waals surface area contributed by atoms with Gasteiger partial charge in [0.05, 0.1) is 12.2 Å². The molecule has 0 aliphatic heterocycles. The fourth-order valence-corrected chi connectivity index (χ4v) is 3.99. The minimum atomic E-state index is 0.273. The van der Waals surface area contributed by atoms with Crippen molar-refractivity contribution in [2.75, 3.05) is 0 Å². The molecule has 2 atom stereocenters. The van der Waals surface area contributed by atoms with Crippen molar-refractivity contribution in [1.82, 2.24) is 0 Å². The van der Waals surface area contributed by atoms with Crippen molar-refractivity contribution < 1.29 is 9.47 Å². The molecule has 0 aromatic carbocycles.